The zero-order chi connectivity index (χ0) is 18.3. The number of carbonyl (C=O) groups is 1. The number of amides is 1. The zero-order valence-electron chi connectivity index (χ0n) is 15.0. The summed E-state index contributed by atoms with van der Waals surface area (Å²) in [5.74, 6) is 0.775. The monoisotopic (exact) mass is 343 g/mol. The van der Waals surface area contributed by atoms with E-state index in [1.54, 1.807) is 12.0 Å². The van der Waals surface area contributed by atoms with Crippen molar-refractivity contribution in [2.24, 2.45) is 0 Å². The Morgan fingerprint density at radius 1 is 1.08 bits per heavy atom. The van der Waals surface area contributed by atoms with E-state index in [-0.39, 0.29) is 5.91 Å². The molecule has 3 aromatic carbocycles. The van der Waals surface area contributed by atoms with Crippen molar-refractivity contribution in [2.45, 2.75) is 11.8 Å². The Labute approximate surface area is 153 Å². The van der Waals surface area contributed by atoms with Gasteiger partial charge in [0.2, 0.25) is 5.91 Å². The molecule has 0 aliphatic carbocycles. The van der Waals surface area contributed by atoms with E-state index in [1.807, 2.05) is 61.7 Å². The van der Waals surface area contributed by atoms with Crippen LogP contribution in [0, 0.1) is 0 Å². The van der Waals surface area contributed by atoms with Gasteiger partial charge in [-0.15, -0.1) is 6.58 Å². The first-order valence-electron chi connectivity index (χ1n) is 8.70. The fourth-order valence-electron chi connectivity index (χ4n) is 4.26. The van der Waals surface area contributed by atoms with E-state index in [9.17, 15) is 4.79 Å². The number of carbonyl (C=O) groups excluding carboxylic acids is 1. The van der Waals surface area contributed by atoms with Gasteiger partial charge in [0.15, 0.2) is 0 Å². The van der Waals surface area contributed by atoms with Gasteiger partial charge in [-0.2, -0.15) is 0 Å². The Morgan fingerprint density at radius 2 is 1.81 bits per heavy atom. The van der Waals surface area contributed by atoms with E-state index in [4.69, 9.17) is 4.74 Å². The number of likely N-dealkylation sites (N-methyl/N-ethyl adjacent to an activating group) is 1. The van der Waals surface area contributed by atoms with Crippen molar-refractivity contribution in [3.05, 3.63) is 84.4 Å². The summed E-state index contributed by atoms with van der Waals surface area (Å²) in [6.45, 7) is 3.95. The molecule has 1 amide bonds. The lowest BCUT2D eigenvalue weighted by Crippen LogP contribution is -2.39. The average Bonchev–Trinajstić information content (AvgIpc) is 2.90. The van der Waals surface area contributed by atoms with Crippen molar-refractivity contribution in [1.29, 1.82) is 0 Å². The lowest BCUT2D eigenvalue weighted by atomic mass is 9.71. The van der Waals surface area contributed by atoms with E-state index in [1.165, 1.54) is 0 Å². The van der Waals surface area contributed by atoms with Gasteiger partial charge in [-0.3, -0.25) is 4.79 Å². The first-order chi connectivity index (χ1) is 12.6. The molecule has 3 nitrogen and oxygen atoms in total. The van der Waals surface area contributed by atoms with Gasteiger partial charge < -0.3 is 9.64 Å². The maximum absolute atomic E-state index is 13.6. The minimum absolute atomic E-state index is 0.0493. The highest BCUT2D eigenvalue weighted by atomic mass is 16.5. The molecule has 0 saturated carbocycles. The number of rotatable bonds is 4. The van der Waals surface area contributed by atoms with Gasteiger partial charge in [0.05, 0.1) is 7.11 Å². The molecule has 3 heteroatoms. The number of methoxy groups -OCH3 is 1. The highest BCUT2D eigenvalue weighted by Crippen LogP contribution is 2.52. The van der Waals surface area contributed by atoms with E-state index >= 15 is 0 Å². The van der Waals surface area contributed by atoms with Gasteiger partial charge in [-0.25, -0.2) is 0 Å². The number of para-hydroxylation sites is 1. The van der Waals surface area contributed by atoms with Crippen LogP contribution in [-0.4, -0.2) is 20.1 Å². The Balaban J connectivity index is 2.17. The molecule has 26 heavy (non-hydrogen) atoms. The molecule has 3 aromatic rings. The summed E-state index contributed by atoms with van der Waals surface area (Å²) in [7, 11) is 3.49. The number of hydrogen-bond acceptors (Lipinski definition) is 2. The van der Waals surface area contributed by atoms with Crippen molar-refractivity contribution in [3.8, 4) is 5.75 Å². The Hall–Kier alpha value is -3.07. The number of fused-ring (bicyclic) bond motifs is 2. The number of allylic oxidation sites excluding steroid dienone is 1. The Morgan fingerprint density at radius 3 is 2.58 bits per heavy atom. The summed E-state index contributed by atoms with van der Waals surface area (Å²) >= 11 is 0. The summed E-state index contributed by atoms with van der Waals surface area (Å²) in [4.78, 5) is 15.4. The molecule has 0 N–H and O–H groups in total. The van der Waals surface area contributed by atoms with E-state index in [0.29, 0.717) is 6.42 Å². The van der Waals surface area contributed by atoms with Crippen LogP contribution < -0.4 is 9.64 Å². The van der Waals surface area contributed by atoms with Crippen LogP contribution in [0.3, 0.4) is 0 Å². The van der Waals surface area contributed by atoms with Crippen molar-refractivity contribution in [2.75, 3.05) is 19.1 Å². The molecule has 1 atom stereocenters. The standard InChI is InChI=1S/C23H21NO2/c1-4-15-23(18-11-7-8-12-19(18)24(2)22(23)25)21-17-10-6-5-9-16(17)13-14-20(21)26-3/h4-14H,1,15H2,2-3H3/t23-/m1/s1. The van der Waals surface area contributed by atoms with Crippen LogP contribution in [0.1, 0.15) is 17.5 Å². The van der Waals surface area contributed by atoms with Crippen LogP contribution in [0.4, 0.5) is 5.69 Å². The third kappa shape index (κ3) is 2.03. The predicted octanol–water partition coefficient (Wildman–Crippen LogP) is 4.69. The molecule has 0 fully saturated rings. The summed E-state index contributed by atoms with van der Waals surface area (Å²) < 4.78 is 5.73. The van der Waals surface area contributed by atoms with Crippen LogP contribution in [0.25, 0.3) is 10.8 Å². The number of ether oxygens (including phenoxy) is 1. The van der Waals surface area contributed by atoms with E-state index < -0.39 is 5.41 Å². The summed E-state index contributed by atoms with van der Waals surface area (Å²) in [6.07, 6.45) is 2.34. The molecule has 0 saturated heterocycles. The van der Waals surface area contributed by atoms with Gasteiger partial charge in [-0.05, 0) is 34.9 Å². The quantitative estimate of drug-likeness (QED) is 0.643. The fourth-order valence-corrected chi connectivity index (χ4v) is 4.26. The second kappa shape index (κ2) is 6.03. The number of hydrogen-bond donors (Lipinski definition) is 0. The van der Waals surface area contributed by atoms with Crippen molar-refractivity contribution < 1.29 is 9.53 Å². The number of nitrogens with zero attached hydrogens (tertiary/aromatic N) is 1. The molecule has 0 aromatic heterocycles. The smallest absolute Gasteiger partial charge is 0.242 e. The van der Waals surface area contributed by atoms with Crippen molar-refractivity contribution in [3.63, 3.8) is 0 Å². The lowest BCUT2D eigenvalue weighted by Gasteiger charge is -2.30. The van der Waals surface area contributed by atoms with E-state index in [2.05, 4.69) is 18.7 Å². The van der Waals surface area contributed by atoms with Gasteiger partial charge >= 0.3 is 0 Å². The van der Waals surface area contributed by atoms with Gasteiger partial charge in [0.1, 0.15) is 11.2 Å². The normalized spacial score (nSPS) is 18.8. The summed E-state index contributed by atoms with van der Waals surface area (Å²) in [5, 5.41) is 2.12. The number of benzene rings is 3. The SMILES string of the molecule is C=CC[C@@]1(c2c(OC)ccc3ccccc23)C(=O)N(C)c2ccccc21. The summed E-state index contributed by atoms with van der Waals surface area (Å²) in [5.41, 5.74) is 2.02. The predicted molar refractivity (Wildman–Crippen MR) is 106 cm³/mol. The lowest BCUT2D eigenvalue weighted by molar-refractivity contribution is -0.121. The molecule has 0 radical (unpaired) electrons. The van der Waals surface area contributed by atoms with E-state index in [0.717, 1.165) is 33.3 Å². The molecule has 0 spiro atoms. The van der Waals surface area contributed by atoms with Crippen LogP contribution >= 0.6 is 0 Å². The van der Waals surface area contributed by atoms with Crippen molar-refractivity contribution in [1.82, 2.24) is 0 Å². The molecular formula is C23H21NO2. The number of anilines is 1. The molecule has 1 aliphatic heterocycles. The topological polar surface area (TPSA) is 29.5 Å². The minimum Gasteiger partial charge on any atom is -0.496 e. The van der Waals surface area contributed by atoms with Crippen LogP contribution in [0.15, 0.2) is 73.3 Å². The zero-order valence-corrected chi connectivity index (χ0v) is 15.0. The Kier molecular flexibility index (Phi) is 3.80. The van der Waals surface area contributed by atoms with Crippen LogP contribution in [-0.2, 0) is 10.2 Å². The second-order valence-corrected chi connectivity index (χ2v) is 6.64. The molecule has 0 bridgehead atoms. The highest BCUT2D eigenvalue weighted by molar-refractivity contribution is 6.13. The third-order valence-corrected chi connectivity index (χ3v) is 5.38. The minimum atomic E-state index is -0.834. The Bertz CT molecular complexity index is 1020. The summed E-state index contributed by atoms with van der Waals surface area (Å²) in [6, 6.07) is 20.1. The molecule has 4 rings (SSSR count). The molecule has 1 aliphatic rings. The van der Waals surface area contributed by atoms with Gasteiger partial charge in [0, 0.05) is 18.3 Å². The fraction of sp³-hybridized carbons (Fsp3) is 0.174. The molecule has 0 unspecified atom stereocenters. The second-order valence-electron chi connectivity index (χ2n) is 6.64. The maximum Gasteiger partial charge on any atom is 0.242 e. The largest absolute Gasteiger partial charge is 0.496 e. The van der Waals surface area contributed by atoms with Gasteiger partial charge in [0.25, 0.3) is 0 Å². The third-order valence-electron chi connectivity index (χ3n) is 5.38. The first kappa shape index (κ1) is 16.4. The van der Waals surface area contributed by atoms with Gasteiger partial charge in [-0.1, -0.05) is 54.6 Å². The van der Waals surface area contributed by atoms with Crippen LogP contribution in [0.2, 0.25) is 0 Å². The molecular weight excluding hydrogens is 322 g/mol. The molecule has 130 valence electrons. The van der Waals surface area contributed by atoms with Crippen molar-refractivity contribution >= 4 is 22.4 Å². The van der Waals surface area contributed by atoms with Crippen LogP contribution in [0.5, 0.6) is 5.75 Å². The average molecular weight is 343 g/mol. The molecule has 1 heterocycles. The highest BCUT2D eigenvalue weighted by Gasteiger charge is 2.52. The first-order valence-corrected chi connectivity index (χ1v) is 8.70. The maximum atomic E-state index is 13.6.